The second-order valence-corrected chi connectivity index (χ2v) is 8.98. The fraction of sp³-hybridized carbons (Fsp3) is 0.0400. The highest BCUT2D eigenvalue weighted by molar-refractivity contribution is 8.77. The number of rotatable bonds is 4. The first-order chi connectivity index (χ1) is 14.3. The number of nitrogens with zero attached hydrogens (tertiary/aromatic N) is 1. The van der Waals surface area contributed by atoms with Gasteiger partial charge < -0.3 is 9.62 Å². The quantitative estimate of drug-likeness (QED) is 0.268. The van der Waals surface area contributed by atoms with E-state index < -0.39 is 0 Å². The van der Waals surface area contributed by atoms with E-state index in [4.69, 9.17) is 0 Å². The third-order valence-corrected chi connectivity index (χ3v) is 6.97. The SMILES string of the molecule is Cc1ccc(N(c2ccccc2)c2ccc(-c3cccc4c3NSS4)cc2)cc1. The van der Waals surface area contributed by atoms with Gasteiger partial charge in [0.05, 0.1) is 5.69 Å². The van der Waals surface area contributed by atoms with Gasteiger partial charge in [-0.2, -0.15) is 0 Å². The molecule has 0 spiro atoms. The molecule has 4 aromatic carbocycles. The fourth-order valence-electron chi connectivity index (χ4n) is 3.56. The predicted octanol–water partition coefficient (Wildman–Crippen LogP) is 8.21. The summed E-state index contributed by atoms with van der Waals surface area (Å²) in [6, 6.07) is 34.5. The Bertz CT molecular complexity index is 1120. The molecular weight excluding hydrogens is 392 g/mol. The molecule has 2 nitrogen and oxygen atoms in total. The molecule has 0 aromatic heterocycles. The van der Waals surface area contributed by atoms with Crippen molar-refractivity contribution < 1.29 is 0 Å². The lowest BCUT2D eigenvalue weighted by Crippen LogP contribution is -2.09. The minimum atomic E-state index is 1.15. The van der Waals surface area contributed by atoms with Gasteiger partial charge in [0.25, 0.3) is 0 Å². The van der Waals surface area contributed by atoms with E-state index in [-0.39, 0.29) is 0 Å². The molecule has 142 valence electrons. The van der Waals surface area contributed by atoms with Crippen molar-refractivity contribution in [2.24, 2.45) is 0 Å². The molecule has 0 aliphatic carbocycles. The number of hydrogen-bond donors (Lipinski definition) is 1. The minimum Gasteiger partial charge on any atom is -0.319 e. The normalized spacial score (nSPS) is 12.3. The summed E-state index contributed by atoms with van der Waals surface area (Å²) >= 11 is 0. The van der Waals surface area contributed by atoms with Gasteiger partial charge >= 0.3 is 0 Å². The summed E-state index contributed by atoms with van der Waals surface area (Å²) < 4.78 is 3.43. The van der Waals surface area contributed by atoms with E-state index in [9.17, 15) is 0 Å². The molecule has 1 aliphatic rings. The number of para-hydroxylation sites is 2. The van der Waals surface area contributed by atoms with E-state index in [0.29, 0.717) is 0 Å². The highest BCUT2D eigenvalue weighted by Crippen LogP contribution is 2.49. The Morgan fingerprint density at radius 1 is 0.655 bits per heavy atom. The first-order valence-electron chi connectivity index (χ1n) is 9.54. The van der Waals surface area contributed by atoms with Crippen molar-refractivity contribution in [2.75, 3.05) is 9.62 Å². The van der Waals surface area contributed by atoms with Crippen LogP contribution in [-0.2, 0) is 0 Å². The lowest BCUT2D eigenvalue weighted by molar-refractivity contribution is 1.27. The number of hydrogen-bond acceptors (Lipinski definition) is 4. The fourth-order valence-corrected chi connectivity index (χ4v) is 5.50. The van der Waals surface area contributed by atoms with Crippen molar-refractivity contribution in [3.05, 3.63) is 103 Å². The largest absolute Gasteiger partial charge is 0.319 e. The minimum absolute atomic E-state index is 1.15. The molecule has 1 heterocycles. The Labute approximate surface area is 179 Å². The van der Waals surface area contributed by atoms with Crippen LogP contribution >= 0.6 is 21.8 Å². The van der Waals surface area contributed by atoms with E-state index in [1.54, 1.807) is 21.8 Å². The van der Waals surface area contributed by atoms with Gasteiger partial charge in [-0.3, -0.25) is 0 Å². The maximum atomic E-state index is 3.43. The summed E-state index contributed by atoms with van der Waals surface area (Å²) in [6.07, 6.45) is 0. The van der Waals surface area contributed by atoms with Crippen LogP contribution in [0.3, 0.4) is 0 Å². The monoisotopic (exact) mass is 412 g/mol. The van der Waals surface area contributed by atoms with Gasteiger partial charge in [0, 0.05) is 38.5 Å². The molecule has 1 N–H and O–H groups in total. The van der Waals surface area contributed by atoms with E-state index in [0.717, 1.165) is 17.1 Å². The Kier molecular flexibility index (Phi) is 4.96. The van der Waals surface area contributed by atoms with Gasteiger partial charge in [-0.05, 0) is 65.7 Å². The van der Waals surface area contributed by atoms with Crippen molar-refractivity contribution in [1.29, 1.82) is 0 Å². The third-order valence-electron chi connectivity index (χ3n) is 5.04. The summed E-state index contributed by atoms with van der Waals surface area (Å²) in [6.45, 7) is 2.12. The van der Waals surface area contributed by atoms with Crippen molar-refractivity contribution in [3.63, 3.8) is 0 Å². The molecule has 0 bridgehead atoms. The second-order valence-electron chi connectivity index (χ2n) is 7.00. The molecule has 0 radical (unpaired) electrons. The van der Waals surface area contributed by atoms with Crippen LogP contribution in [0.1, 0.15) is 5.56 Å². The summed E-state index contributed by atoms with van der Waals surface area (Å²) in [5.41, 5.74) is 8.40. The van der Waals surface area contributed by atoms with E-state index in [1.165, 1.54) is 27.3 Å². The Morgan fingerprint density at radius 3 is 2.03 bits per heavy atom. The van der Waals surface area contributed by atoms with E-state index in [2.05, 4.69) is 114 Å². The molecule has 0 saturated heterocycles. The summed E-state index contributed by atoms with van der Waals surface area (Å²) in [4.78, 5) is 3.59. The van der Waals surface area contributed by atoms with Gasteiger partial charge in [0.1, 0.15) is 0 Å². The van der Waals surface area contributed by atoms with Crippen LogP contribution in [0.25, 0.3) is 11.1 Å². The lowest BCUT2D eigenvalue weighted by atomic mass is 10.0. The van der Waals surface area contributed by atoms with Gasteiger partial charge in [-0.15, -0.1) is 0 Å². The second kappa shape index (κ2) is 7.90. The number of fused-ring (bicyclic) bond motifs is 1. The molecule has 0 unspecified atom stereocenters. The van der Waals surface area contributed by atoms with E-state index >= 15 is 0 Å². The van der Waals surface area contributed by atoms with Crippen LogP contribution in [0.4, 0.5) is 22.7 Å². The summed E-state index contributed by atoms with van der Waals surface area (Å²) in [5, 5.41) is 0. The molecule has 5 rings (SSSR count). The molecule has 29 heavy (non-hydrogen) atoms. The molecule has 0 amide bonds. The number of anilines is 4. The smallest absolute Gasteiger partial charge is 0.0672 e. The molecule has 0 atom stereocenters. The van der Waals surface area contributed by atoms with Crippen LogP contribution < -0.4 is 9.62 Å². The first kappa shape index (κ1) is 18.2. The standard InChI is InChI=1S/C25H20N2S2/c1-18-10-14-21(15-11-18)27(20-6-3-2-4-7-20)22-16-12-19(13-17-22)23-8-5-9-24-25(23)26-29-28-24/h2-17,26H,1H3. The van der Waals surface area contributed by atoms with Crippen LogP contribution in [0.15, 0.2) is 102 Å². The molecular formula is C25H20N2S2. The first-order valence-corrected chi connectivity index (χ1v) is 11.7. The zero-order valence-corrected chi connectivity index (χ0v) is 17.6. The third kappa shape index (κ3) is 3.61. The van der Waals surface area contributed by atoms with Crippen LogP contribution in [0.2, 0.25) is 0 Å². The lowest BCUT2D eigenvalue weighted by Gasteiger charge is -2.25. The Morgan fingerprint density at radius 2 is 1.31 bits per heavy atom. The van der Waals surface area contributed by atoms with Crippen LogP contribution in [0, 0.1) is 6.92 Å². The molecule has 0 fully saturated rings. The molecule has 4 aromatic rings. The zero-order chi connectivity index (χ0) is 19.6. The Hall–Kier alpha value is -2.82. The number of benzene rings is 4. The van der Waals surface area contributed by atoms with Crippen LogP contribution in [0.5, 0.6) is 0 Å². The topological polar surface area (TPSA) is 15.3 Å². The highest BCUT2D eigenvalue weighted by Gasteiger charge is 2.17. The number of aryl methyl sites for hydroxylation is 1. The summed E-state index contributed by atoms with van der Waals surface area (Å²) in [7, 11) is 3.45. The molecule has 4 heteroatoms. The van der Waals surface area contributed by atoms with Crippen molar-refractivity contribution in [2.45, 2.75) is 11.8 Å². The van der Waals surface area contributed by atoms with Crippen LogP contribution in [-0.4, -0.2) is 0 Å². The van der Waals surface area contributed by atoms with Gasteiger partial charge in [0.2, 0.25) is 0 Å². The zero-order valence-electron chi connectivity index (χ0n) is 16.0. The maximum Gasteiger partial charge on any atom is 0.0672 e. The van der Waals surface area contributed by atoms with Crippen molar-refractivity contribution in [1.82, 2.24) is 0 Å². The predicted molar refractivity (Wildman–Crippen MR) is 128 cm³/mol. The van der Waals surface area contributed by atoms with Gasteiger partial charge in [-0.1, -0.05) is 60.2 Å². The van der Waals surface area contributed by atoms with Crippen molar-refractivity contribution >= 4 is 44.5 Å². The van der Waals surface area contributed by atoms with Crippen molar-refractivity contribution in [3.8, 4) is 11.1 Å². The average molecular weight is 413 g/mol. The van der Waals surface area contributed by atoms with Gasteiger partial charge in [0.15, 0.2) is 0 Å². The average Bonchev–Trinajstić information content (AvgIpc) is 3.26. The maximum absolute atomic E-state index is 3.43. The number of nitrogens with one attached hydrogen (secondary N) is 1. The van der Waals surface area contributed by atoms with Gasteiger partial charge in [-0.25, -0.2) is 0 Å². The van der Waals surface area contributed by atoms with E-state index in [1.807, 2.05) is 0 Å². The summed E-state index contributed by atoms with van der Waals surface area (Å²) in [5.74, 6) is 0. The molecule has 1 aliphatic heterocycles. The Balaban J connectivity index is 1.56. The molecule has 0 saturated carbocycles. The highest BCUT2D eigenvalue weighted by atomic mass is 33.1.